The number of hydrogen-bond acceptors (Lipinski definition) is 5. The van der Waals surface area contributed by atoms with E-state index in [0.29, 0.717) is 11.3 Å². The quantitative estimate of drug-likeness (QED) is 0.815. The van der Waals surface area contributed by atoms with Crippen LogP contribution in [0.3, 0.4) is 0 Å². The highest BCUT2D eigenvalue weighted by molar-refractivity contribution is 7.91. The van der Waals surface area contributed by atoms with Gasteiger partial charge in [-0.15, -0.1) is 0 Å². The fraction of sp³-hybridized carbons (Fsp3) is 0.429. The van der Waals surface area contributed by atoms with Crippen molar-refractivity contribution in [2.75, 3.05) is 24.6 Å². The molecule has 0 spiro atoms. The highest BCUT2D eigenvalue weighted by Gasteiger charge is 2.28. The first-order valence-electron chi connectivity index (χ1n) is 6.57. The molecule has 0 aromatic heterocycles. The van der Waals surface area contributed by atoms with Gasteiger partial charge in [-0.2, -0.15) is 5.26 Å². The lowest BCUT2D eigenvalue weighted by Gasteiger charge is -2.29. The van der Waals surface area contributed by atoms with Crippen molar-refractivity contribution in [2.24, 2.45) is 0 Å². The highest BCUT2D eigenvalue weighted by Crippen LogP contribution is 2.15. The fourth-order valence-electron chi connectivity index (χ4n) is 2.05. The van der Waals surface area contributed by atoms with Crippen molar-refractivity contribution >= 4 is 15.7 Å². The van der Waals surface area contributed by atoms with Crippen LogP contribution in [0.4, 0.5) is 0 Å². The second kappa shape index (κ2) is 6.14. The molecule has 0 N–H and O–H groups in total. The van der Waals surface area contributed by atoms with Crippen molar-refractivity contribution in [2.45, 2.75) is 13.0 Å². The number of nitriles is 1. The first-order valence-corrected chi connectivity index (χ1v) is 8.39. The van der Waals surface area contributed by atoms with Crippen molar-refractivity contribution in [1.29, 1.82) is 5.26 Å². The largest absolute Gasteiger partial charge is 0.481 e. The number of nitrogens with zero attached hydrogens (tertiary/aromatic N) is 2. The highest BCUT2D eigenvalue weighted by atomic mass is 32.2. The summed E-state index contributed by atoms with van der Waals surface area (Å²) in [6, 6.07) is 8.48. The van der Waals surface area contributed by atoms with E-state index in [1.54, 1.807) is 31.2 Å². The van der Waals surface area contributed by atoms with Crippen LogP contribution in [-0.2, 0) is 14.6 Å². The first-order chi connectivity index (χ1) is 9.91. The molecule has 1 aromatic rings. The molecule has 1 amide bonds. The van der Waals surface area contributed by atoms with Crippen molar-refractivity contribution < 1.29 is 17.9 Å². The van der Waals surface area contributed by atoms with Crippen molar-refractivity contribution in [3.8, 4) is 11.8 Å². The minimum atomic E-state index is -3.01. The summed E-state index contributed by atoms with van der Waals surface area (Å²) in [5, 5.41) is 8.71. The first kappa shape index (κ1) is 15.3. The Kier molecular flexibility index (Phi) is 4.48. The molecule has 1 aliphatic heterocycles. The van der Waals surface area contributed by atoms with Gasteiger partial charge >= 0.3 is 0 Å². The van der Waals surface area contributed by atoms with Gasteiger partial charge in [0.15, 0.2) is 15.9 Å². The Balaban J connectivity index is 1.95. The van der Waals surface area contributed by atoms with Crippen LogP contribution in [0.5, 0.6) is 5.75 Å². The number of amides is 1. The fourth-order valence-corrected chi connectivity index (χ4v) is 3.25. The Labute approximate surface area is 123 Å². The van der Waals surface area contributed by atoms with Crippen LogP contribution < -0.4 is 4.74 Å². The van der Waals surface area contributed by atoms with Crippen LogP contribution in [0, 0.1) is 11.3 Å². The average molecular weight is 308 g/mol. The maximum atomic E-state index is 12.2. The van der Waals surface area contributed by atoms with E-state index < -0.39 is 15.9 Å². The second-order valence-electron chi connectivity index (χ2n) is 4.87. The number of carbonyl (C=O) groups is 1. The summed E-state index contributed by atoms with van der Waals surface area (Å²) in [7, 11) is -3.01. The molecule has 0 radical (unpaired) electrons. The van der Waals surface area contributed by atoms with Gasteiger partial charge in [-0.1, -0.05) is 0 Å². The number of ether oxygens (including phenoxy) is 1. The summed E-state index contributed by atoms with van der Waals surface area (Å²) in [4.78, 5) is 13.7. The molecule has 6 nitrogen and oxygen atoms in total. The van der Waals surface area contributed by atoms with Crippen LogP contribution >= 0.6 is 0 Å². The molecule has 7 heteroatoms. The molecule has 1 fully saturated rings. The van der Waals surface area contributed by atoms with Gasteiger partial charge in [0.25, 0.3) is 5.91 Å². The van der Waals surface area contributed by atoms with Crippen molar-refractivity contribution in [1.82, 2.24) is 4.90 Å². The molecule has 1 saturated heterocycles. The van der Waals surface area contributed by atoms with Crippen LogP contribution in [0.2, 0.25) is 0 Å². The summed E-state index contributed by atoms with van der Waals surface area (Å²) >= 11 is 0. The molecular weight excluding hydrogens is 292 g/mol. The molecule has 0 saturated carbocycles. The van der Waals surface area contributed by atoms with E-state index >= 15 is 0 Å². The molecule has 0 unspecified atom stereocenters. The van der Waals surface area contributed by atoms with E-state index in [-0.39, 0.29) is 30.5 Å². The summed E-state index contributed by atoms with van der Waals surface area (Å²) in [5.74, 6) is 0.277. The molecule has 0 aliphatic carbocycles. The monoisotopic (exact) mass is 308 g/mol. The summed E-state index contributed by atoms with van der Waals surface area (Å²) in [6.07, 6.45) is -0.696. The molecule has 1 heterocycles. The zero-order valence-corrected chi connectivity index (χ0v) is 12.5. The minimum Gasteiger partial charge on any atom is -0.481 e. The number of carbonyl (C=O) groups excluding carboxylic acids is 1. The van der Waals surface area contributed by atoms with E-state index in [1.165, 1.54) is 4.90 Å². The van der Waals surface area contributed by atoms with Gasteiger partial charge in [-0.25, -0.2) is 8.42 Å². The van der Waals surface area contributed by atoms with Crippen LogP contribution in [0.1, 0.15) is 12.5 Å². The van der Waals surface area contributed by atoms with Gasteiger partial charge < -0.3 is 9.64 Å². The summed E-state index contributed by atoms with van der Waals surface area (Å²) in [5.41, 5.74) is 0.516. The standard InChI is InChI=1S/C14H16N2O4S/c1-11(20-13-4-2-12(10-15)3-5-13)14(17)16-6-8-21(18,19)9-7-16/h2-5,11H,6-9H2,1H3/t11-/m0/s1. The maximum absolute atomic E-state index is 12.2. The third-order valence-corrected chi connectivity index (χ3v) is 4.91. The van der Waals surface area contributed by atoms with Gasteiger partial charge in [0, 0.05) is 13.1 Å². The topological polar surface area (TPSA) is 87.5 Å². The summed E-state index contributed by atoms with van der Waals surface area (Å²) in [6.45, 7) is 2.05. The predicted molar refractivity (Wildman–Crippen MR) is 76.5 cm³/mol. The third-order valence-electron chi connectivity index (χ3n) is 3.30. The Morgan fingerprint density at radius 2 is 1.86 bits per heavy atom. The molecule has 21 heavy (non-hydrogen) atoms. The number of rotatable bonds is 3. The van der Waals surface area contributed by atoms with E-state index in [0.717, 1.165) is 0 Å². The Bertz CT molecular complexity index is 647. The lowest BCUT2D eigenvalue weighted by molar-refractivity contribution is -0.137. The van der Waals surface area contributed by atoms with E-state index in [4.69, 9.17) is 10.00 Å². The zero-order chi connectivity index (χ0) is 15.5. The predicted octanol–water partition coefficient (Wildman–Crippen LogP) is 0.583. The summed E-state index contributed by atoms with van der Waals surface area (Å²) < 4.78 is 28.2. The Morgan fingerprint density at radius 3 is 2.38 bits per heavy atom. The normalized spacial score (nSPS) is 18.6. The molecule has 2 rings (SSSR count). The lowest BCUT2D eigenvalue weighted by Crippen LogP contribution is -2.48. The van der Waals surface area contributed by atoms with Gasteiger partial charge in [0.2, 0.25) is 0 Å². The lowest BCUT2D eigenvalue weighted by atomic mass is 10.2. The van der Waals surface area contributed by atoms with E-state index in [1.807, 2.05) is 6.07 Å². The van der Waals surface area contributed by atoms with E-state index in [9.17, 15) is 13.2 Å². The molecule has 1 aromatic carbocycles. The molecular formula is C14H16N2O4S. The Hall–Kier alpha value is -2.07. The second-order valence-corrected chi connectivity index (χ2v) is 7.18. The number of sulfone groups is 1. The van der Waals surface area contributed by atoms with Gasteiger partial charge in [-0.05, 0) is 31.2 Å². The molecule has 1 aliphatic rings. The smallest absolute Gasteiger partial charge is 0.263 e. The average Bonchev–Trinajstić information content (AvgIpc) is 2.47. The van der Waals surface area contributed by atoms with Gasteiger partial charge in [0.05, 0.1) is 23.1 Å². The van der Waals surface area contributed by atoms with Gasteiger partial charge in [0.1, 0.15) is 5.75 Å². The van der Waals surface area contributed by atoms with Gasteiger partial charge in [-0.3, -0.25) is 4.79 Å². The Morgan fingerprint density at radius 1 is 1.29 bits per heavy atom. The molecule has 0 bridgehead atoms. The minimum absolute atomic E-state index is 0.00231. The SMILES string of the molecule is C[C@H](Oc1ccc(C#N)cc1)C(=O)N1CCS(=O)(=O)CC1. The zero-order valence-electron chi connectivity index (χ0n) is 11.7. The van der Waals surface area contributed by atoms with Crippen LogP contribution in [0.25, 0.3) is 0 Å². The molecule has 112 valence electrons. The van der Waals surface area contributed by atoms with Crippen LogP contribution in [-0.4, -0.2) is 49.9 Å². The third kappa shape index (κ3) is 3.95. The number of hydrogen-bond donors (Lipinski definition) is 0. The maximum Gasteiger partial charge on any atom is 0.263 e. The van der Waals surface area contributed by atoms with Crippen molar-refractivity contribution in [3.05, 3.63) is 29.8 Å². The van der Waals surface area contributed by atoms with Crippen LogP contribution in [0.15, 0.2) is 24.3 Å². The molecule has 1 atom stereocenters. The number of benzene rings is 1. The van der Waals surface area contributed by atoms with E-state index in [2.05, 4.69) is 0 Å². The van der Waals surface area contributed by atoms with Crippen molar-refractivity contribution in [3.63, 3.8) is 0 Å².